The molecule has 0 N–H and O–H groups in total. The lowest BCUT2D eigenvalue weighted by Crippen LogP contribution is -2.38. The zero-order valence-electron chi connectivity index (χ0n) is 8.62. The van der Waals surface area contributed by atoms with Crippen molar-refractivity contribution in [2.75, 3.05) is 6.61 Å². The van der Waals surface area contributed by atoms with E-state index in [1.54, 1.807) is 20.8 Å². The number of ether oxygens (including phenoxy) is 2. The number of carbonyl (C=O) groups is 2. The zero-order chi connectivity index (χ0) is 10.9. The molecule has 0 aromatic rings. The van der Waals surface area contributed by atoms with E-state index in [9.17, 15) is 9.59 Å². The standard InChI is InChI=1S/C10H14O4/c1-6(2)8(11)14-10(4)5-13-9(12)7(10)3/h7H,1,5H2,2-4H3/t7-,10-/m1/s1. The van der Waals surface area contributed by atoms with Gasteiger partial charge in [0.25, 0.3) is 0 Å². The van der Waals surface area contributed by atoms with Crippen molar-refractivity contribution in [1.29, 1.82) is 0 Å². The molecular weight excluding hydrogens is 184 g/mol. The van der Waals surface area contributed by atoms with Crippen molar-refractivity contribution in [3.63, 3.8) is 0 Å². The minimum absolute atomic E-state index is 0.117. The van der Waals surface area contributed by atoms with Gasteiger partial charge in [-0.25, -0.2) is 4.79 Å². The monoisotopic (exact) mass is 198 g/mol. The summed E-state index contributed by atoms with van der Waals surface area (Å²) >= 11 is 0. The van der Waals surface area contributed by atoms with Crippen LogP contribution in [0.4, 0.5) is 0 Å². The molecule has 0 saturated carbocycles. The summed E-state index contributed by atoms with van der Waals surface area (Å²) in [6.45, 7) is 8.52. The van der Waals surface area contributed by atoms with Crippen molar-refractivity contribution in [2.24, 2.45) is 5.92 Å². The molecule has 4 heteroatoms. The number of rotatable bonds is 2. The molecule has 1 saturated heterocycles. The number of esters is 2. The molecule has 1 rings (SSSR count). The maximum atomic E-state index is 11.3. The van der Waals surface area contributed by atoms with Crippen molar-refractivity contribution in [2.45, 2.75) is 26.4 Å². The lowest BCUT2D eigenvalue weighted by atomic mass is 9.94. The molecule has 0 aromatic carbocycles. The molecule has 4 nitrogen and oxygen atoms in total. The van der Waals surface area contributed by atoms with Crippen LogP contribution in [0.25, 0.3) is 0 Å². The maximum absolute atomic E-state index is 11.3. The van der Waals surface area contributed by atoms with E-state index >= 15 is 0 Å². The number of cyclic esters (lactones) is 1. The highest BCUT2D eigenvalue weighted by molar-refractivity contribution is 5.88. The molecular formula is C10H14O4. The first kappa shape index (κ1) is 10.8. The molecule has 1 aliphatic rings. The quantitative estimate of drug-likeness (QED) is 0.491. The van der Waals surface area contributed by atoms with Crippen LogP contribution in [0.1, 0.15) is 20.8 Å². The van der Waals surface area contributed by atoms with E-state index < -0.39 is 17.5 Å². The van der Waals surface area contributed by atoms with Crippen LogP contribution in [0.3, 0.4) is 0 Å². The van der Waals surface area contributed by atoms with E-state index in [-0.39, 0.29) is 12.6 Å². The van der Waals surface area contributed by atoms with E-state index in [1.165, 1.54) is 0 Å². The van der Waals surface area contributed by atoms with Gasteiger partial charge in [0.15, 0.2) is 5.60 Å². The van der Waals surface area contributed by atoms with Crippen molar-refractivity contribution < 1.29 is 19.1 Å². The molecule has 0 aliphatic carbocycles. The molecule has 0 unspecified atom stereocenters. The second-order valence-corrected chi connectivity index (χ2v) is 3.81. The van der Waals surface area contributed by atoms with Crippen molar-refractivity contribution >= 4 is 11.9 Å². The summed E-state index contributed by atoms with van der Waals surface area (Å²) in [6.07, 6.45) is 0. The van der Waals surface area contributed by atoms with Gasteiger partial charge < -0.3 is 9.47 Å². The van der Waals surface area contributed by atoms with Crippen molar-refractivity contribution in [3.05, 3.63) is 12.2 Å². The Morgan fingerprint density at radius 2 is 2.29 bits per heavy atom. The molecule has 0 aromatic heterocycles. The topological polar surface area (TPSA) is 52.6 Å². The minimum Gasteiger partial charge on any atom is -0.461 e. The first-order valence-corrected chi connectivity index (χ1v) is 4.42. The number of hydrogen-bond donors (Lipinski definition) is 0. The number of hydrogen-bond acceptors (Lipinski definition) is 4. The van der Waals surface area contributed by atoms with Gasteiger partial charge in [-0.2, -0.15) is 0 Å². The summed E-state index contributed by atoms with van der Waals surface area (Å²) in [7, 11) is 0. The molecule has 0 amide bonds. The highest BCUT2D eigenvalue weighted by atomic mass is 16.6. The van der Waals surface area contributed by atoms with Gasteiger partial charge in [0.05, 0.1) is 5.92 Å². The van der Waals surface area contributed by atoms with Crippen LogP contribution in [0.15, 0.2) is 12.2 Å². The molecule has 1 heterocycles. The molecule has 0 bridgehead atoms. The molecule has 1 fully saturated rings. The van der Waals surface area contributed by atoms with Gasteiger partial charge in [-0.1, -0.05) is 6.58 Å². The molecule has 0 spiro atoms. The fourth-order valence-corrected chi connectivity index (χ4v) is 1.13. The van der Waals surface area contributed by atoms with E-state index in [1.807, 2.05) is 0 Å². The summed E-state index contributed by atoms with van der Waals surface area (Å²) < 4.78 is 9.97. The van der Waals surface area contributed by atoms with Crippen molar-refractivity contribution in [3.8, 4) is 0 Å². The highest BCUT2D eigenvalue weighted by Gasteiger charge is 2.47. The lowest BCUT2D eigenvalue weighted by molar-refractivity contribution is -0.155. The highest BCUT2D eigenvalue weighted by Crippen LogP contribution is 2.30. The van der Waals surface area contributed by atoms with Crippen LogP contribution in [0.2, 0.25) is 0 Å². The van der Waals surface area contributed by atoms with Gasteiger partial charge in [-0.15, -0.1) is 0 Å². The Hall–Kier alpha value is -1.32. The second kappa shape index (κ2) is 3.44. The third-order valence-corrected chi connectivity index (χ3v) is 2.44. The van der Waals surface area contributed by atoms with Crippen LogP contribution in [0.5, 0.6) is 0 Å². The van der Waals surface area contributed by atoms with Crippen LogP contribution < -0.4 is 0 Å². The SMILES string of the molecule is C=C(C)C(=O)O[C@]1(C)COC(=O)[C@H]1C. The molecule has 2 atom stereocenters. The number of carbonyl (C=O) groups excluding carboxylic acids is 2. The Morgan fingerprint density at radius 3 is 2.64 bits per heavy atom. The Bertz CT molecular complexity index is 294. The minimum atomic E-state index is -0.854. The molecule has 0 radical (unpaired) electrons. The van der Waals surface area contributed by atoms with E-state index in [2.05, 4.69) is 6.58 Å². The van der Waals surface area contributed by atoms with Crippen LogP contribution in [0, 0.1) is 5.92 Å². The van der Waals surface area contributed by atoms with Crippen LogP contribution in [-0.2, 0) is 19.1 Å². The molecule has 1 aliphatic heterocycles. The van der Waals surface area contributed by atoms with Gasteiger partial charge in [-0.3, -0.25) is 4.79 Å². The van der Waals surface area contributed by atoms with Crippen LogP contribution >= 0.6 is 0 Å². The Kier molecular flexibility index (Phi) is 2.64. The predicted octanol–water partition coefficient (Wildman–Crippen LogP) is 1.06. The normalized spacial score (nSPS) is 31.1. The Balaban J connectivity index is 2.73. The maximum Gasteiger partial charge on any atom is 0.333 e. The van der Waals surface area contributed by atoms with E-state index in [4.69, 9.17) is 9.47 Å². The third kappa shape index (κ3) is 1.78. The fourth-order valence-electron chi connectivity index (χ4n) is 1.13. The molecule has 78 valence electrons. The van der Waals surface area contributed by atoms with Gasteiger partial charge in [-0.05, 0) is 20.8 Å². The van der Waals surface area contributed by atoms with Gasteiger partial charge in [0.1, 0.15) is 6.61 Å². The van der Waals surface area contributed by atoms with Gasteiger partial charge >= 0.3 is 11.9 Å². The van der Waals surface area contributed by atoms with Gasteiger partial charge in [0, 0.05) is 5.57 Å². The summed E-state index contributed by atoms with van der Waals surface area (Å²) in [4.78, 5) is 22.4. The average molecular weight is 198 g/mol. The lowest BCUT2D eigenvalue weighted by Gasteiger charge is -2.25. The summed E-state index contributed by atoms with van der Waals surface area (Å²) in [5.74, 6) is -1.24. The van der Waals surface area contributed by atoms with E-state index in [0.29, 0.717) is 5.57 Å². The summed E-state index contributed by atoms with van der Waals surface area (Å²) in [5, 5.41) is 0. The largest absolute Gasteiger partial charge is 0.461 e. The average Bonchev–Trinajstić information content (AvgIpc) is 2.34. The predicted molar refractivity (Wildman–Crippen MR) is 49.4 cm³/mol. The summed E-state index contributed by atoms with van der Waals surface area (Å²) in [5.41, 5.74) is -0.537. The third-order valence-electron chi connectivity index (χ3n) is 2.44. The smallest absolute Gasteiger partial charge is 0.333 e. The van der Waals surface area contributed by atoms with Crippen LogP contribution in [-0.4, -0.2) is 24.1 Å². The van der Waals surface area contributed by atoms with E-state index in [0.717, 1.165) is 0 Å². The zero-order valence-corrected chi connectivity index (χ0v) is 8.62. The first-order valence-electron chi connectivity index (χ1n) is 4.42. The first-order chi connectivity index (χ1) is 6.37. The fraction of sp³-hybridized carbons (Fsp3) is 0.600. The van der Waals surface area contributed by atoms with Gasteiger partial charge in [0.2, 0.25) is 0 Å². The molecule has 14 heavy (non-hydrogen) atoms. The van der Waals surface area contributed by atoms with Crippen molar-refractivity contribution in [1.82, 2.24) is 0 Å². The Labute approximate surface area is 82.9 Å². The second-order valence-electron chi connectivity index (χ2n) is 3.81. The summed E-state index contributed by atoms with van der Waals surface area (Å²) in [6, 6.07) is 0. The Morgan fingerprint density at radius 1 is 1.71 bits per heavy atom.